The number of pyridine rings is 1. The van der Waals surface area contributed by atoms with Gasteiger partial charge >= 0.3 is 0 Å². The van der Waals surface area contributed by atoms with Crippen LogP contribution in [-0.4, -0.2) is 60.6 Å². The molecule has 2 amide bonds. The van der Waals surface area contributed by atoms with E-state index in [9.17, 15) is 14.4 Å². The van der Waals surface area contributed by atoms with E-state index in [1.807, 2.05) is 28.8 Å². The van der Waals surface area contributed by atoms with Gasteiger partial charge in [0.25, 0.3) is 11.8 Å². The summed E-state index contributed by atoms with van der Waals surface area (Å²) in [5.41, 5.74) is 0.710. The standard InChI is InChI=1S/C28H36N4O4/c1-36-25-10-6-5-9-24(25)31-13-15-32(16-14-31)28(35)23-19-30(17-20-7-3-2-4-8-20)18-22(26(23)33)27(34)29-21-11-12-21/h5-6,9-10,18-21H,2-4,7-8,11-17H2,1H3,(H,29,34). The molecule has 2 aliphatic carbocycles. The molecule has 1 N–H and O–H groups in total. The third-order valence-corrected chi connectivity index (χ3v) is 7.65. The lowest BCUT2D eigenvalue weighted by atomic mass is 9.89. The Morgan fingerprint density at radius 1 is 0.944 bits per heavy atom. The van der Waals surface area contributed by atoms with E-state index in [4.69, 9.17) is 4.74 Å². The molecule has 36 heavy (non-hydrogen) atoms. The summed E-state index contributed by atoms with van der Waals surface area (Å²) in [7, 11) is 1.66. The monoisotopic (exact) mass is 492 g/mol. The Morgan fingerprint density at radius 2 is 1.64 bits per heavy atom. The van der Waals surface area contributed by atoms with Crippen molar-refractivity contribution in [3.8, 4) is 5.75 Å². The van der Waals surface area contributed by atoms with Gasteiger partial charge in [-0.25, -0.2) is 0 Å². The van der Waals surface area contributed by atoms with Crippen LogP contribution in [0.15, 0.2) is 41.5 Å². The Kier molecular flexibility index (Phi) is 7.30. The summed E-state index contributed by atoms with van der Waals surface area (Å²) in [6, 6.07) is 8.00. The lowest BCUT2D eigenvalue weighted by molar-refractivity contribution is 0.0744. The van der Waals surface area contributed by atoms with Gasteiger partial charge in [0, 0.05) is 51.2 Å². The number of nitrogens with one attached hydrogen (secondary N) is 1. The van der Waals surface area contributed by atoms with Crippen molar-refractivity contribution in [1.29, 1.82) is 0 Å². The Bertz CT molecular complexity index is 1160. The third kappa shape index (κ3) is 5.42. The second-order valence-corrected chi connectivity index (χ2v) is 10.3. The van der Waals surface area contributed by atoms with Gasteiger partial charge < -0.3 is 24.4 Å². The molecule has 1 saturated heterocycles. The number of benzene rings is 1. The largest absolute Gasteiger partial charge is 0.495 e. The number of carbonyl (C=O) groups is 2. The number of rotatable bonds is 7. The van der Waals surface area contributed by atoms with Gasteiger partial charge in [-0.1, -0.05) is 31.4 Å². The fourth-order valence-corrected chi connectivity index (χ4v) is 5.42. The number of piperazine rings is 1. The van der Waals surface area contributed by atoms with Gasteiger partial charge in [-0.15, -0.1) is 0 Å². The van der Waals surface area contributed by atoms with E-state index in [1.165, 1.54) is 19.3 Å². The van der Waals surface area contributed by atoms with Crippen LogP contribution < -0.4 is 20.4 Å². The zero-order valence-corrected chi connectivity index (χ0v) is 21.1. The first-order chi connectivity index (χ1) is 17.5. The lowest BCUT2D eigenvalue weighted by Gasteiger charge is -2.36. The van der Waals surface area contributed by atoms with Gasteiger partial charge in [-0.2, -0.15) is 0 Å². The Morgan fingerprint density at radius 3 is 2.33 bits per heavy atom. The molecule has 1 aromatic heterocycles. The van der Waals surface area contributed by atoms with Crippen LogP contribution in [0.3, 0.4) is 0 Å². The predicted octanol–water partition coefficient (Wildman–Crippen LogP) is 3.29. The fraction of sp³-hybridized carbons (Fsp3) is 0.536. The van der Waals surface area contributed by atoms with Gasteiger partial charge in [0.15, 0.2) is 0 Å². The van der Waals surface area contributed by atoms with Gasteiger partial charge in [0.05, 0.1) is 12.8 Å². The highest BCUT2D eigenvalue weighted by Gasteiger charge is 2.30. The van der Waals surface area contributed by atoms with Crippen molar-refractivity contribution in [2.75, 3.05) is 38.2 Å². The second-order valence-electron chi connectivity index (χ2n) is 10.3. The molecule has 3 aliphatic rings. The number of amides is 2. The maximum Gasteiger partial charge on any atom is 0.259 e. The zero-order valence-electron chi connectivity index (χ0n) is 21.1. The second kappa shape index (κ2) is 10.8. The van der Waals surface area contributed by atoms with Crippen LogP contribution in [0.1, 0.15) is 65.7 Å². The topological polar surface area (TPSA) is 83.9 Å². The van der Waals surface area contributed by atoms with E-state index in [1.54, 1.807) is 24.4 Å². The highest BCUT2D eigenvalue weighted by molar-refractivity contribution is 5.99. The van der Waals surface area contributed by atoms with Crippen LogP contribution in [0.2, 0.25) is 0 Å². The average molecular weight is 493 g/mol. The number of nitrogens with zero attached hydrogens (tertiary/aromatic N) is 3. The van der Waals surface area contributed by atoms with Gasteiger partial charge in [-0.05, 0) is 43.7 Å². The summed E-state index contributed by atoms with van der Waals surface area (Å²) in [5, 5.41) is 2.93. The Labute approximate surface area is 212 Å². The molecule has 192 valence electrons. The molecule has 0 atom stereocenters. The zero-order chi connectivity index (χ0) is 25.1. The molecular formula is C28H36N4O4. The molecule has 2 heterocycles. The number of methoxy groups -OCH3 is 1. The van der Waals surface area contributed by atoms with Crippen molar-refractivity contribution in [1.82, 2.24) is 14.8 Å². The van der Waals surface area contributed by atoms with Gasteiger partial charge in [-0.3, -0.25) is 14.4 Å². The van der Waals surface area contributed by atoms with Crippen LogP contribution >= 0.6 is 0 Å². The van der Waals surface area contributed by atoms with Crippen molar-refractivity contribution >= 4 is 17.5 Å². The molecule has 0 bridgehead atoms. The molecule has 8 nitrogen and oxygen atoms in total. The summed E-state index contributed by atoms with van der Waals surface area (Å²) in [6.45, 7) is 3.01. The third-order valence-electron chi connectivity index (χ3n) is 7.65. The predicted molar refractivity (Wildman–Crippen MR) is 139 cm³/mol. The highest BCUT2D eigenvalue weighted by Crippen LogP contribution is 2.29. The lowest BCUT2D eigenvalue weighted by Crippen LogP contribution is -2.50. The quantitative estimate of drug-likeness (QED) is 0.641. The minimum absolute atomic E-state index is 0.0798. The number of aromatic nitrogens is 1. The summed E-state index contributed by atoms with van der Waals surface area (Å²) in [6.07, 6.45) is 11.2. The number of hydrogen-bond donors (Lipinski definition) is 1. The molecule has 5 rings (SSSR count). The van der Waals surface area contributed by atoms with Gasteiger partial charge in [0.2, 0.25) is 5.43 Å². The molecule has 8 heteroatoms. The van der Waals surface area contributed by atoms with Crippen LogP contribution in [0.5, 0.6) is 5.75 Å². The van der Waals surface area contributed by atoms with Crippen LogP contribution in [0.4, 0.5) is 5.69 Å². The number of carbonyl (C=O) groups excluding carboxylic acids is 2. The summed E-state index contributed by atoms with van der Waals surface area (Å²) in [4.78, 5) is 43.8. The average Bonchev–Trinajstić information content (AvgIpc) is 3.74. The molecule has 2 saturated carbocycles. The maximum absolute atomic E-state index is 13.6. The summed E-state index contributed by atoms with van der Waals surface area (Å²) < 4.78 is 7.41. The van der Waals surface area contributed by atoms with Crippen LogP contribution in [-0.2, 0) is 6.54 Å². The molecule has 2 aromatic rings. The van der Waals surface area contributed by atoms with Crippen molar-refractivity contribution in [3.63, 3.8) is 0 Å². The molecule has 0 unspecified atom stereocenters. The Hall–Kier alpha value is -3.29. The van der Waals surface area contributed by atoms with Crippen molar-refractivity contribution < 1.29 is 14.3 Å². The molecule has 0 spiro atoms. The van der Waals surface area contributed by atoms with E-state index in [0.717, 1.165) is 43.7 Å². The van der Waals surface area contributed by atoms with Crippen LogP contribution in [0, 0.1) is 5.92 Å². The molecule has 1 aliphatic heterocycles. The number of para-hydroxylation sites is 2. The van der Waals surface area contributed by atoms with E-state index >= 15 is 0 Å². The van der Waals surface area contributed by atoms with E-state index < -0.39 is 5.43 Å². The van der Waals surface area contributed by atoms with Gasteiger partial charge in [0.1, 0.15) is 16.9 Å². The molecule has 3 fully saturated rings. The smallest absolute Gasteiger partial charge is 0.259 e. The minimum atomic E-state index is -0.467. The summed E-state index contributed by atoms with van der Waals surface area (Å²) >= 11 is 0. The normalized spacial score (nSPS) is 18.7. The SMILES string of the molecule is COc1ccccc1N1CCN(C(=O)c2cn(CC3CCCCC3)cc(C(=O)NC3CC3)c2=O)CC1. The highest BCUT2D eigenvalue weighted by atomic mass is 16.5. The first-order valence-electron chi connectivity index (χ1n) is 13.3. The van der Waals surface area contributed by atoms with E-state index in [-0.39, 0.29) is 29.0 Å². The van der Waals surface area contributed by atoms with Crippen molar-refractivity contribution in [3.05, 3.63) is 58.0 Å². The van der Waals surface area contributed by atoms with E-state index in [2.05, 4.69) is 10.2 Å². The molecule has 1 aromatic carbocycles. The number of anilines is 1. The first-order valence-corrected chi connectivity index (χ1v) is 13.3. The minimum Gasteiger partial charge on any atom is -0.495 e. The van der Waals surface area contributed by atoms with Crippen molar-refractivity contribution in [2.45, 2.75) is 57.5 Å². The molecule has 0 radical (unpaired) electrons. The number of ether oxygens (including phenoxy) is 1. The summed E-state index contributed by atoms with van der Waals surface area (Å²) in [5.74, 6) is 0.652. The molecular weight excluding hydrogens is 456 g/mol. The maximum atomic E-state index is 13.6. The van der Waals surface area contributed by atoms with Crippen LogP contribution in [0.25, 0.3) is 0 Å². The fourth-order valence-electron chi connectivity index (χ4n) is 5.42. The van der Waals surface area contributed by atoms with E-state index in [0.29, 0.717) is 32.1 Å². The number of hydrogen-bond acceptors (Lipinski definition) is 5. The first kappa shape index (κ1) is 24.4. The Balaban J connectivity index is 1.36. The van der Waals surface area contributed by atoms with Crippen molar-refractivity contribution in [2.24, 2.45) is 5.92 Å².